The van der Waals surface area contributed by atoms with Gasteiger partial charge in [-0.2, -0.15) is 0 Å². The summed E-state index contributed by atoms with van der Waals surface area (Å²) in [5, 5.41) is 0. The van der Waals surface area contributed by atoms with Crippen LogP contribution < -0.4 is 0 Å². The van der Waals surface area contributed by atoms with Crippen molar-refractivity contribution in [1.82, 2.24) is 0 Å². The number of ether oxygens (including phenoxy) is 1. The minimum Gasteiger partial charge on any atom is -0.375 e. The number of halogens is 2. The highest BCUT2D eigenvalue weighted by molar-refractivity contribution is 6.21. The van der Waals surface area contributed by atoms with Gasteiger partial charge in [-0.15, -0.1) is 23.2 Å². The molecule has 3 heteroatoms. The third-order valence-electron chi connectivity index (χ3n) is 3.97. The minimum absolute atomic E-state index is 0.0564. The molecular formula is C16H22Cl2O. The van der Waals surface area contributed by atoms with Crippen molar-refractivity contribution < 1.29 is 4.74 Å². The van der Waals surface area contributed by atoms with Gasteiger partial charge in [0.15, 0.2) is 0 Å². The standard InChI is InChI=1S/C16H22Cl2O/c1-13-7-8-15(19-13)10-16(11-17,12-18)9-14-5-3-2-4-6-14/h2-6,13,15H,7-12H2,1H3. The third kappa shape index (κ3) is 4.11. The molecule has 0 N–H and O–H groups in total. The van der Waals surface area contributed by atoms with Crippen molar-refractivity contribution in [3.8, 4) is 0 Å². The van der Waals surface area contributed by atoms with Crippen molar-refractivity contribution in [2.24, 2.45) is 5.41 Å². The van der Waals surface area contributed by atoms with Crippen LogP contribution in [0.1, 0.15) is 31.7 Å². The van der Waals surface area contributed by atoms with Gasteiger partial charge in [0.2, 0.25) is 0 Å². The molecule has 19 heavy (non-hydrogen) atoms. The molecule has 1 fully saturated rings. The summed E-state index contributed by atoms with van der Waals surface area (Å²) in [6.45, 7) is 2.14. The SMILES string of the molecule is CC1CCC(CC(CCl)(CCl)Cc2ccccc2)O1. The first-order chi connectivity index (χ1) is 9.17. The van der Waals surface area contributed by atoms with Crippen molar-refractivity contribution in [2.75, 3.05) is 11.8 Å². The third-order valence-corrected chi connectivity index (χ3v) is 5.10. The van der Waals surface area contributed by atoms with Crippen molar-refractivity contribution in [1.29, 1.82) is 0 Å². The fourth-order valence-corrected chi connectivity index (χ4v) is 3.55. The fourth-order valence-electron chi connectivity index (χ4n) is 2.86. The average Bonchev–Trinajstić information content (AvgIpc) is 2.84. The fraction of sp³-hybridized carbons (Fsp3) is 0.625. The lowest BCUT2D eigenvalue weighted by atomic mass is 9.80. The summed E-state index contributed by atoms with van der Waals surface area (Å²) in [5.41, 5.74) is 1.24. The van der Waals surface area contributed by atoms with Gasteiger partial charge in [0.1, 0.15) is 0 Å². The molecule has 1 aliphatic heterocycles. The summed E-state index contributed by atoms with van der Waals surface area (Å²) in [7, 11) is 0. The van der Waals surface area contributed by atoms with Crippen LogP contribution in [0.5, 0.6) is 0 Å². The number of hydrogen-bond donors (Lipinski definition) is 0. The van der Waals surface area contributed by atoms with Crippen molar-refractivity contribution in [3.05, 3.63) is 35.9 Å². The molecule has 0 bridgehead atoms. The zero-order valence-electron chi connectivity index (χ0n) is 11.4. The maximum atomic E-state index is 6.25. The molecule has 0 radical (unpaired) electrons. The van der Waals surface area contributed by atoms with E-state index in [1.807, 2.05) is 6.07 Å². The highest BCUT2D eigenvalue weighted by Crippen LogP contribution is 2.36. The van der Waals surface area contributed by atoms with E-state index in [9.17, 15) is 0 Å². The zero-order valence-corrected chi connectivity index (χ0v) is 13.0. The normalized spacial score (nSPS) is 23.7. The van der Waals surface area contributed by atoms with Crippen LogP contribution in [0, 0.1) is 5.41 Å². The van der Waals surface area contributed by atoms with E-state index in [4.69, 9.17) is 27.9 Å². The van der Waals surface area contributed by atoms with Crippen molar-refractivity contribution in [3.63, 3.8) is 0 Å². The first-order valence-corrected chi connectivity index (χ1v) is 8.06. The smallest absolute Gasteiger partial charge is 0.0586 e. The summed E-state index contributed by atoms with van der Waals surface area (Å²) in [5.74, 6) is 1.17. The molecule has 0 aromatic heterocycles. The number of rotatable bonds is 6. The van der Waals surface area contributed by atoms with Gasteiger partial charge < -0.3 is 4.74 Å². The molecule has 2 rings (SSSR count). The van der Waals surface area contributed by atoms with Gasteiger partial charge in [0.05, 0.1) is 12.2 Å². The lowest BCUT2D eigenvalue weighted by Crippen LogP contribution is -2.33. The van der Waals surface area contributed by atoms with E-state index < -0.39 is 0 Å². The Morgan fingerprint density at radius 3 is 2.37 bits per heavy atom. The lowest BCUT2D eigenvalue weighted by molar-refractivity contribution is 0.0298. The molecule has 1 aromatic carbocycles. The van der Waals surface area contributed by atoms with E-state index in [1.54, 1.807) is 0 Å². The Hall–Kier alpha value is -0.240. The van der Waals surface area contributed by atoms with Gasteiger partial charge in [0.25, 0.3) is 0 Å². The van der Waals surface area contributed by atoms with Gasteiger partial charge in [-0.05, 0) is 38.2 Å². The van der Waals surface area contributed by atoms with Crippen LogP contribution in [0.3, 0.4) is 0 Å². The van der Waals surface area contributed by atoms with Crippen LogP contribution in [-0.2, 0) is 11.2 Å². The average molecular weight is 301 g/mol. The van der Waals surface area contributed by atoms with Crippen molar-refractivity contribution in [2.45, 2.75) is 44.8 Å². The Bertz CT molecular complexity index is 376. The van der Waals surface area contributed by atoms with Crippen LogP contribution in [0.15, 0.2) is 30.3 Å². The van der Waals surface area contributed by atoms with Crippen LogP contribution in [0.25, 0.3) is 0 Å². The molecule has 0 amide bonds. The monoisotopic (exact) mass is 300 g/mol. The Morgan fingerprint density at radius 2 is 1.84 bits per heavy atom. The topological polar surface area (TPSA) is 9.23 Å². The van der Waals surface area contributed by atoms with Crippen molar-refractivity contribution >= 4 is 23.2 Å². The Labute approximate surface area is 126 Å². The molecule has 0 spiro atoms. The highest BCUT2D eigenvalue weighted by atomic mass is 35.5. The van der Waals surface area contributed by atoms with Gasteiger partial charge in [-0.25, -0.2) is 0 Å². The lowest BCUT2D eigenvalue weighted by Gasteiger charge is -2.32. The number of hydrogen-bond acceptors (Lipinski definition) is 1. The van der Waals surface area contributed by atoms with Gasteiger partial charge in [-0.3, -0.25) is 0 Å². The van der Waals surface area contributed by atoms with E-state index in [-0.39, 0.29) is 5.41 Å². The first-order valence-electron chi connectivity index (χ1n) is 6.99. The molecule has 1 aromatic rings. The largest absolute Gasteiger partial charge is 0.375 e. The first kappa shape index (κ1) is 15.2. The molecule has 1 heterocycles. The molecule has 1 nitrogen and oxygen atoms in total. The summed E-state index contributed by atoms with van der Waals surface area (Å²) in [4.78, 5) is 0. The molecule has 0 saturated carbocycles. The quantitative estimate of drug-likeness (QED) is 0.695. The summed E-state index contributed by atoms with van der Waals surface area (Å²) in [6, 6.07) is 10.5. The molecule has 2 unspecified atom stereocenters. The molecule has 1 aliphatic rings. The van der Waals surface area contributed by atoms with Crippen LogP contribution >= 0.6 is 23.2 Å². The molecule has 1 saturated heterocycles. The maximum absolute atomic E-state index is 6.25. The summed E-state index contributed by atoms with van der Waals surface area (Å²) in [6.07, 6.45) is 4.86. The van der Waals surface area contributed by atoms with Gasteiger partial charge >= 0.3 is 0 Å². The van der Waals surface area contributed by atoms with Gasteiger partial charge in [-0.1, -0.05) is 30.3 Å². The van der Waals surface area contributed by atoms with Crippen LogP contribution in [0.2, 0.25) is 0 Å². The van der Waals surface area contributed by atoms with Crippen LogP contribution in [-0.4, -0.2) is 24.0 Å². The Balaban J connectivity index is 2.04. The summed E-state index contributed by atoms with van der Waals surface area (Å²) >= 11 is 12.5. The Kier molecular flexibility index (Phi) is 5.56. The number of alkyl halides is 2. The van der Waals surface area contributed by atoms with E-state index in [2.05, 4.69) is 31.2 Å². The predicted octanol–water partition coefficient (Wildman–Crippen LogP) is 4.65. The summed E-state index contributed by atoms with van der Waals surface area (Å²) < 4.78 is 5.94. The molecular weight excluding hydrogens is 279 g/mol. The van der Waals surface area contributed by atoms with Crippen LogP contribution in [0.4, 0.5) is 0 Å². The predicted molar refractivity (Wildman–Crippen MR) is 82.2 cm³/mol. The molecule has 106 valence electrons. The minimum atomic E-state index is -0.0564. The van der Waals surface area contributed by atoms with E-state index in [0.717, 1.165) is 25.7 Å². The number of benzene rings is 1. The maximum Gasteiger partial charge on any atom is 0.0586 e. The van der Waals surface area contributed by atoms with E-state index in [1.165, 1.54) is 5.56 Å². The zero-order chi connectivity index (χ0) is 13.7. The van der Waals surface area contributed by atoms with E-state index in [0.29, 0.717) is 24.0 Å². The second-order valence-electron chi connectivity index (χ2n) is 5.78. The second-order valence-corrected chi connectivity index (χ2v) is 6.31. The van der Waals surface area contributed by atoms with Gasteiger partial charge in [0, 0.05) is 17.2 Å². The highest BCUT2D eigenvalue weighted by Gasteiger charge is 2.35. The Morgan fingerprint density at radius 1 is 1.16 bits per heavy atom. The van der Waals surface area contributed by atoms with E-state index >= 15 is 0 Å². The molecule has 0 aliphatic carbocycles. The molecule has 2 atom stereocenters. The second kappa shape index (κ2) is 6.97.